The zero-order valence-corrected chi connectivity index (χ0v) is 11.7. The maximum Gasteiger partial charge on any atom is 0.391 e. The molecule has 4 heteroatoms. The van der Waals surface area contributed by atoms with Gasteiger partial charge in [-0.1, -0.05) is 27.7 Å². The predicted octanol–water partition coefficient (Wildman–Crippen LogP) is 4.13. The number of halogens is 3. The Balaban J connectivity index is 1.82. The maximum atomic E-state index is 12.6. The molecular weight excluding hydrogens is 239 g/mol. The molecule has 0 heterocycles. The highest BCUT2D eigenvalue weighted by Gasteiger charge is 2.65. The van der Waals surface area contributed by atoms with Crippen LogP contribution in [0.15, 0.2) is 0 Å². The molecule has 0 spiro atoms. The quantitative estimate of drug-likeness (QED) is 0.789. The molecule has 0 unspecified atom stereocenters. The van der Waals surface area contributed by atoms with E-state index in [1.807, 2.05) is 0 Å². The number of hydrogen-bond acceptors (Lipinski definition) is 1. The van der Waals surface area contributed by atoms with E-state index in [4.69, 9.17) is 0 Å². The van der Waals surface area contributed by atoms with Crippen LogP contribution in [0.2, 0.25) is 0 Å². The molecule has 0 saturated heterocycles. The standard InChI is InChI=1S/C14H24F3N/c1-12(2)11(13(12,3)4)18-10-7-5-9(6-8-10)14(15,16)17/h9-11,18H,5-8H2,1-4H3. The van der Waals surface area contributed by atoms with Crippen LogP contribution in [0, 0.1) is 16.7 Å². The van der Waals surface area contributed by atoms with E-state index in [2.05, 4.69) is 33.0 Å². The van der Waals surface area contributed by atoms with Crippen LogP contribution in [0.3, 0.4) is 0 Å². The van der Waals surface area contributed by atoms with Crippen LogP contribution in [0.1, 0.15) is 53.4 Å². The van der Waals surface area contributed by atoms with Gasteiger partial charge in [-0.3, -0.25) is 0 Å². The van der Waals surface area contributed by atoms with Crippen molar-refractivity contribution in [2.75, 3.05) is 0 Å². The summed E-state index contributed by atoms with van der Waals surface area (Å²) in [4.78, 5) is 0. The Hall–Kier alpha value is -0.250. The fraction of sp³-hybridized carbons (Fsp3) is 1.00. The van der Waals surface area contributed by atoms with Gasteiger partial charge in [0.2, 0.25) is 0 Å². The number of alkyl halides is 3. The minimum Gasteiger partial charge on any atom is -0.310 e. The predicted molar refractivity (Wildman–Crippen MR) is 66.3 cm³/mol. The lowest BCUT2D eigenvalue weighted by Crippen LogP contribution is -2.39. The van der Waals surface area contributed by atoms with E-state index >= 15 is 0 Å². The minimum absolute atomic E-state index is 0.258. The molecule has 2 aliphatic rings. The van der Waals surface area contributed by atoms with E-state index in [-0.39, 0.29) is 29.7 Å². The highest BCUT2D eigenvalue weighted by Crippen LogP contribution is 2.63. The van der Waals surface area contributed by atoms with Crippen LogP contribution in [0.4, 0.5) is 13.2 Å². The maximum absolute atomic E-state index is 12.6. The van der Waals surface area contributed by atoms with Crippen molar-refractivity contribution in [3.05, 3.63) is 0 Å². The molecule has 2 aliphatic carbocycles. The fourth-order valence-electron chi connectivity index (χ4n) is 3.44. The summed E-state index contributed by atoms with van der Waals surface area (Å²) in [5, 5.41) is 3.58. The Morgan fingerprint density at radius 2 is 1.33 bits per heavy atom. The molecule has 106 valence electrons. The van der Waals surface area contributed by atoms with Gasteiger partial charge in [0.15, 0.2) is 0 Å². The highest BCUT2D eigenvalue weighted by atomic mass is 19.4. The van der Waals surface area contributed by atoms with Gasteiger partial charge in [-0.15, -0.1) is 0 Å². The van der Waals surface area contributed by atoms with Crippen LogP contribution in [0.5, 0.6) is 0 Å². The molecule has 0 amide bonds. The largest absolute Gasteiger partial charge is 0.391 e. The van der Waals surface area contributed by atoms with Gasteiger partial charge in [-0.05, 0) is 36.5 Å². The van der Waals surface area contributed by atoms with Gasteiger partial charge in [0.25, 0.3) is 0 Å². The van der Waals surface area contributed by atoms with E-state index in [9.17, 15) is 13.2 Å². The molecule has 0 aromatic carbocycles. The molecule has 0 aliphatic heterocycles. The van der Waals surface area contributed by atoms with Gasteiger partial charge in [-0.2, -0.15) is 13.2 Å². The smallest absolute Gasteiger partial charge is 0.310 e. The molecular formula is C14H24F3N. The summed E-state index contributed by atoms with van der Waals surface area (Å²) in [6.45, 7) is 8.91. The third kappa shape index (κ3) is 2.28. The van der Waals surface area contributed by atoms with Gasteiger partial charge in [0, 0.05) is 12.1 Å². The van der Waals surface area contributed by atoms with Gasteiger partial charge in [0.1, 0.15) is 0 Å². The van der Waals surface area contributed by atoms with Gasteiger partial charge >= 0.3 is 6.18 Å². The first kappa shape index (κ1) is 14.2. The van der Waals surface area contributed by atoms with Gasteiger partial charge in [0.05, 0.1) is 5.92 Å². The Morgan fingerprint density at radius 1 is 0.889 bits per heavy atom. The second kappa shape index (κ2) is 4.12. The van der Waals surface area contributed by atoms with E-state index in [1.54, 1.807) is 0 Å². The second-order valence-electron chi connectivity index (χ2n) is 7.13. The summed E-state index contributed by atoms with van der Waals surface area (Å²) >= 11 is 0. The molecule has 1 N–H and O–H groups in total. The number of rotatable bonds is 2. The van der Waals surface area contributed by atoms with Crippen molar-refractivity contribution in [1.29, 1.82) is 0 Å². The van der Waals surface area contributed by atoms with Crippen LogP contribution >= 0.6 is 0 Å². The van der Waals surface area contributed by atoms with Crippen LogP contribution in [0.25, 0.3) is 0 Å². The summed E-state index contributed by atoms with van der Waals surface area (Å²) < 4.78 is 37.7. The van der Waals surface area contributed by atoms with Crippen LogP contribution in [-0.2, 0) is 0 Å². The second-order valence-corrected chi connectivity index (χ2v) is 7.13. The number of nitrogens with one attached hydrogen (secondary N) is 1. The van der Waals surface area contributed by atoms with Crippen LogP contribution in [-0.4, -0.2) is 18.3 Å². The molecule has 0 aromatic heterocycles. The first-order valence-corrected chi connectivity index (χ1v) is 6.89. The van der Waals surface area contributed by atoms with Crippen molar-refractivity contribution < 1.29 is 13.2 Å². The average Bonchev–Trinajstić information content (AvgIpc) is 2.60. The van der Waals surface area contributed by atoms with E-state index in [1.165, 1.54) is 0 Å². The zero-order valence-electron chi connectivity index (χ0n) is 11.7. The van der Waals surface area contributed by atoms with Crippen LogP contribution < -0.4 is 5.32 Å². The molecule has 2 saturated carbocycles. The van der Waals surface area contributed by atoms with Gasteiger partial charge in [-0.25, -0.2) is 0 Å². The van der Waals surface area contributed by atoms with E-state index in [0.29, 0.717) is 18.9 Å². The van der Waals surface area contributed by atoms with Crippen molar-refractivity contribution in [2.45, 2.75) is 71.6 Å². The lowest BCUT2D eigenvalue weighted by atomic mass is 9.85. The first-order valence-electron chi connectivity index (χ1n) is 6.89. The Morgan fingerprint density at radius 3 is 1.67 bits per heavy atom. The third-order valence-electron chi connectivity index (χ3n) is 5.61. The summed E-state index contributed by atoms with van der Waals surface area (Å²) in [7, 11) is 0. The molecule has 0 atom stereocenters. The van der Waals surface area contributed by atoms with Crippen molar-refractivity contribution in [2.24, 2.45) is 16.7 Å². The molecule has 0 bridgehead atoms. The summed E-state index contributed by atoms with van der Waals surface area (Å²) in [5.74, 6) is -1.07. The van der Waals surface area contributed by atoms with Crippen molar-refractivity contribution >= 4 is 0 Å². The zero-order chi connectivity index (χ0) is 13.8. The average molecular weight is 263 g/mol. The van der Waals surface area contributed by atoms with E-state index < -0.39 is 12.1 Å². The molecule has 2 rings (SSSR count). The SMILES string of the molecule is CC1(C)C(NC2CCC(C(F)(F)F)CC2)C1(C)C. The molecule has 0 aromatic rings. The number of hydrogen-bond donors (Lipinski definition) is 1. The molecule has 18 heavy (non-hydrogen) atoms. The van der Waals surface area contributed by atoms with E-state index in [0.717, 1.165) is 0 Å². The van der Waals surface area contributed by atoms with Gasteiger partial charge < -0.3 is 5.32 Å². The third-order valence-corrected chi connectivity index (χ3v) is 5.61. The Bertz CT molecular complexity index is 297. The highest BCUT2D eigenvalue weighted by molar-refractivity contribution is 5.18. The van der Waals surface area contributed by atoms with Crippen molar-refractivity contribution in [3.63, 3.8) is 0 Å². The van der Waals surface area contributed by atoms with Crippen molar-refractivity contribution in [1.82, 2.24) is 5.32 Å². The molecule has 2 fully saturated rings. The lowest BCUT2D eigenvalue weighted by Gasteiger charge is -2.31. The topological polar surface area (TPSA) is 12.0 Å². The summed E-state index contributed by atoms with van der Waals surface area (Å²) in [6, 6.07) is 0.715. The Labute approximate surface area is 108 Å². The lowest BCUT2D eigenvalue weighted by molar-refractivity contribution is -0.182. The first-order chi connectivity index (χ1) is 8.07. The summed E-state index contributed by atoms with van der Waals surface area (Å²) in [5.41, 5.74) is 0.516. The Kier molecular flexibility index (Phi) is 3.24. The van der Waals surface area contributed by atoms with Crippen molar-refractivity contribution in [3.8, 4) is 0 Å². The normalized spacial score (nSPS) is 35.5. The minimum atomic E-state index is -4.00. The monoisotopic (exact) mass is 263 g/mol. The molecule has 0 radical (unpaired) electrons. The summed E-state index contributed by atoms with van der Waals surface area (Å²) in [6.07, 6.45) is -2.10. The molecule has 1 nitrogen and oxygen atoms in total. The fourth-order valence-corrected chi connectivity index (χ4v) is 3.44.